The van der Waals surface area contributed by atoms with Gasteiger partial charge in [-0.2, -0.15) is 4.98 Å². The minimum absolute atomic E-state index is 0.105. The maximum atomic E-state index is 10.8. The lowest BCUT2D eigenvalue weighted by molar-refractivity contribution is -0.117. The molecule has 0 aliphatic carbocycles. The molecule has 0 N–H and O–H groups in total. The van der Waals surface area contributed by atoms with Crippen molar-refractivity contribution in [3.63, 3.8) is 0 Å². The maximum Gasteiger partial charge on any atom is 0.227 e. The number of halogens is 1. The molecule has 0 spiro atoms. The minimum Gasteiger partial charge on any atom is -0.339 e. The van der Waals surface area contributed by atoms with Crippen LogP contribution in [0.4, 0.5) is 0 Å². The molecule has 0 saturated heterocycles. The largest absolute Gasteiger partial charge is 0.339 e. The number of hydrogen-bond acceptors (Lipinski definition) is 5. The summed E-state index contributed by atoms with van der Waals surface area (Å²) in [7, 11) is 0. The number of carbonyl (C=O) groups is 1. The van der Waals surface area contributed by atoms with Gasteiger partial charge < -0.3 is 9.32 Å². The Morgan fingerprint density at radius 1 is 1.47 bits per heavy atom. The molecule has 0 fully saturated rings. The van der Waals surface area contributed by atoms with E-state index in [1.165, 1.54) is 6.92 Å². The highest BCUT2D eigenvalue weighted by Gasteiger charge is 2.09. The summed E-state index contributed by atoms with van der Waals surface area (Å²) in [6.45, 7) is 1.54. The van der Waals surface area contributed by atoms with Crippen LogP contribution < -0.4 is 0 Å². The smallest absolute Gasteiger partial charge is 0.227 e. The van der Waals surface area contributed by atoms with Gasteiger partial charge in [0.25, 0.3) is 0 Å². The summed E-state index contributed by atoms with van der Waals surface area (Å²) in [5, 5.41) is 3.85. The fraction of sp³-hybridized carbons (Fsp3) is 0.273. The zero-order chi connectivity index (χ0) is 12.3. The molecule has 0 unspecified atom stereocenters. The van der Waals surface area contributed by atoms with E-state index in [1.54, 1.807) is 12.4 Å². The Morgan fingerprint density at radius 3 is 3.00 bits per heavy atom. The Morgan fingerprint density at radius 2 is 2.29 bits per heavy atom. The van der Waals surface area contributed by atoms with Gasteiger partial charge in [-0.1, -0.05) is 5.16 Å². The molecule has 0 aliphatic heterocycles. The molecule has 0 amide bonds. The molecule has 0 saturated carbocycles. The fourth-order valence-corrected chi connectivity index (χ4v) is 1.66. The van der Waals surface area contributed by atoms with Gasteiger partial charge in [-0.3, -0.25) is 4.98 Å². The highest BCUT2D eigenvalue weighted by molar-refractivity contribution is 9.10. The number of ketones is 1. The number of carbonyl (C=O) groups excluding carboxylic acids is 1. The van der Waals surface area contributed by atoms with E-state index in [9.17, 15) is 4.79 Å². The number of aryl methyl sites for hydroxylation is 1. The predicted molar refractivity (Wildman–Crippen MR) is 64.2 cm³/mol. The van der Waals surface area contributed by atoms with Gasteiger partial charge in [0.1, 0.15) is 5.78 Å². The Labute approximate surface area is 106 Å². The molecule has 0 aliphatic rings. The first-order valence-electron chi connectivity index (χ1n) is 5.08. The van der Waals surface area contributed by atoms with E-state index in [2.05, 4.69) is 31.1 Å². The second kappa shape index (κ2) is 5.18. The number of rotatable bonds is 4. The van der Waals surface area contributed by atoms with Crippen LogP contribution in [0.5, 0.6) is 0 Å². The molecular weight excluding hydrogens is 286 g/mol. The van der Waals surface area contributed by atoms with Crippen molar-refractivity contribution in [2.24, 2.45) is 0 Å². The van der Waals surface area contributed by atoms with Crippen LogP contribution in [0.3, 0.4) is 0 Å². The van der Waals surface area contributed by atoms with Crippen molar-refractivity contribution in [2.45, 2.75) is 19.8 Å². The quantitative estimate of drug-likeness (QED) is 0.866. The number of nitrogens with zero attached hydrogens (tertiary/aromatic N) is 3. The van der Waals surface area contributed by atoms with Crippen LogP contribution in [0, 0.1) is 0 Å². The summed E-state index contributed by atoms with van der Waals surface area (Å²) in [4.78, 5) is 19.1. The van der Waals surface area contributed by atoms with Crippen LogP contribution in [-0.4, -0.2) is 20.9 Å². The molecule has 88 valence electrons. The summed E-state index contributed by atoms with van der Waals surface area (Å²) in [5.74, 6) is 1.06. The Balaban J connectivity index is 2.15. The molecule has 5 nitrogen and oxygen atoms in total. The molecule has 2 rings (SSSR count). The van der Waals surface area contributed by atoms with Crippen molar-refractivity contribution < 1.29 is 9.32 Å². The highest BCUT2D eigenvalue weighted by atomic mass is 79.9. The van der Waals surface area contributed by atoms with E-state index in [1.807, 2.05) is 6.07 Å². The lowest BCUT2D eigenvalue weighted by Gasteiger charge is -1.93. The first kappa shape index (κ1) is 11.9. The lowest BCUT2D eigenvalue weighted by atomic mass is 10.2. The summed E-state index contributed by atoms with van der Waals surface area (Å²) in [6, 6.07) is 1.85. The number of Topliss-reactive ketones (excluding diaryl/α,β-unsaturated/α-hetero) is 1. The topological polar surface area (TPSA) is 68.9 Å². The lowest BCUT2D eigenvalue weighted by Crippen LogP contribution is -1.94. The molecule has 2 heterocycles. The van der Waals surface area contributed by atoms with E-state index in [0.717, 1.165) is 10.0 Å². The van der Waals surface area contributed by atoms with Crippen molar-refractivity contribution in [1.29, 1.82) is 0 Å². The monoisotopic (exact) mass is 295 g/mol. The van der Waals surface area contributed by atoms with Gasteiger partial charge in [0.15, 0.2) is 0 Å². The molecule has 0 atom stereocenters. The van der Waals surface area contributed by atoms with E-state index < -0.39 is 0 Å². The molecule has 0 aromatic carbocycles. The van der Waals surface area contributed by atoms with Gasteiger partial charge in [0.05, 0.1) is 0 Å². The summed E-state index contributed by atoms with van der Waals surface area (Å²) in [5.41, 5.74) is 0.775. The second-order valence-corrected chi connectivity index (χ2v) is 4.52. The van der Waals surface area contributed by atoms with Crippen LogP contribution in [-0.2, 0) is 11.2 Å². The van der Waals surface area contributed by atoms with Gasteiger partial charge in [0.2, 0.25) is 11.7 Å². The summed E-state index contributed by atoms with van der Waals surface area (Å²) < 4.78 is 5.90. The standard InChI is InChI=1S/C11H10BrN3O2/c1-7(16)2-3-10-14-11(15-17-10)8-4-9(12)6-13-5-8/h4-6H,2-3H2,1H3. The van der Waals surface area contributed by atoms with Gasteiger partial charge in [-0.05, 0) is 28.9 Å². The molecule has 6 heteroatoms. The average Bonchev–Trinajstić information content (AvgIpc) is 2.75. The maximum absolute atomic E-state index is 10.8. The van der Waals surface area contributed by atoms with E-state index >= 15 is 0 Å². The molecule has 2 aromatic heterocycles. The van der Waals surface area contributed by atoms with E-state index in [4.69, 9.17) is 4.52 Å². The normalized spacial score (nSPS) is 10.5. The minimum atomic E-state index is 0.105. The highest BCUT2D eigenvalue weighted by Crippen LogP contribution is 2.19. The first-order chi connectivity index (χ1) is 8.15. The Kier molecular flexibility index (Phi) is 3.63. The van der Waals surface area contributed by atoms with Gasteiger partial charge in [0, 0.05) is 35.3 Å². The third-order valence-electron chi connectivity index (χ3n) is 2.12. The fourth-order valence-electron chi connectivity index (χ4n) is 1.29. The van der Waals surface area contributed by atoms with E-state index in [0.29, 0.717) is 24.6 Å². The third kappa shape index (κ3) is 3.20. The average molecular weight is 296 g/mol. The van der Waals surface area contributed by atoms with Gasteiger partial charge >= 0.3 is 0 Å². The molecule has 17 heavy (non-hydrogen) atoms. The van der Waals surface area contributed by atoms with Crippen molar-refractivity contribution >= 4 is 21.7 Å². The van der Waals surface area contributed by atoms with Crippen LogP contribution in [0.1, 0.15) is 19.2 Å². The van der Waals surface area contributed by atoms with Crippen molar-refractivity contribution in [3.05, 3.63) is 28.8 Å². The van der Waals surface area contributed by atoms with Crippen molar-refractivity contribution in [2.75, 3.05) is 0 Å². The Hall–Kier alpha value is -1.56. The zero-order valence-electron chi connectivity index (χ0n) is 9.18. The molecule has 0 radical (unpaired) electrons. The zero-order valence-corrected chi connectivity index (χ0v) is 10.8. The SMILES string of the molecule is CC(=O)CCc1nc(-c2cncc(Br)c2)no1. The summed E-state index contributed by atoms with van der Waals surface area (Å²) >= 11 is 3.32. The van der Waals surface area contributed by atoms with Crippen LogP contribution in [0.2, 0.25) is 0 Å². The van der Waals surface area contributed by atoms with Crippen molar-refractivity contribution in [1.82, 2.24) is 15.1 Å². The van der Waals surface area contributed by atoms with Crippen LogP contribution in [0.25, 0.3) is 11.4 Å². The first-order valence-corrected chi connectivity index (χ1v) is 5.87. The second-order valence-electron chi connectivity index (χ2n) is 3.61. The molecule has 2 aromatic rings. The van der Waals surface area contributed by atoms with Crippen molar-refractivity contribution in [3.8, 4) is 11.4 Å². The van der Waals surface area contributed by atoms with Crippen LogP contribution >= 0.6 is 15.9 Å². The Bertz CT molecular complexity index is 539. The molecular formula is C11H10BrN3O2. The number of aromatic nitrogens is 3. The van der Waals surface area contributed by atoms with E-state index in [-0.39, 0.29) is 5.78 Å². The third-order valence-corrected chi connectivity index (χ3v) is 2.56. The van der Waals surface area contributed by atoms with Crippen LogP contribution in [0.15, 0.2) is 27.5 Å². The predicted octanol–water partition coefficient (Wildman–Crippen LogP) is 2.42. The number of hydrogen-bond donors (Lipinski definition) is 0. The number of pyridine rings is 1. The van der Waals surface area contributed by atoms with Gasteiger partial charge in [-0.25, -0.2) is 0 Å². The summed E-state index contributed by atoms with van der Waals surface area (Å²) in [6.07, 6.45) is 4.23. The molecule has 0 bridgehead atoms. The van der Waals surface area contributed by atoms with Gasteiger partial charge in [-0.15, -0.1) is 0 Å².